The predicted molar refractivity (Wildman–Crippen MR) is 83.3 cm³/mol. The summed E-state index contributed by atoms with van der Waals surface area (Å²) in [4.78, 5) is 12.4. The van der Waals surface area contributed by atoms with Gasteiger partial charge in [0.05, 0.1) is 16.9 Å². The molecule has 5 nitrogen and oxygen atoms in total. The molecule has 6 heteroatoms. The maximum atomic E-state index is 12.4. The molecule has 0 atom stereocenters. The van der Waals surface area contributed by atoms with Gasteiger partial charge in [-0.15, -0.1) is 0 Å². The fourth-order valence-corrected chi connectivity index (χ4v) is 2.19. The standard InChI is InChI=1S/C15H15ClN4O/c1-9(2)20-8-12(18)6-14(20)15(21)19-13-5-11(16)4-3-10(13)7-17/h3-6,8-9H,18H2,1-2H3,(H,19,21). The van der Waals surface area contributed by atoms with Gasteiger partial charge in [-0.2, -0.15) is 5.26 Å². The molecule has 0 bridgehead atoms. The number of nitrogens with zero attached hydrogens (tertiary/aromatic N) is 2. The Bertz CT molecular complexity index is 728. The highest BCUT2D eigenvalue weighted by atomic mass is 35.5. The molecule has 0 aliphatic rings. The van der Waals surface area contributed by atoms with Gasteiger partial charge in [-0.25, -0.2) is 0 Å². The van der Waals surface area contributed by atoms with Crippen molar-refractivity contribution in [3.8, 4) is 6.07 Å². The molecule has 1 heterocycles. The summed E-state index contributed by atoms with van der Waals surface area (Å²) in [5.41, 5.74) is 7.44. The summed E-state index contributed by atoms with van der Waals surface area (Å²) >= 11 is 5.90. The molecule has 108 valence electrons. The second-order valence-electron chi connectivity index (χ2n) is 4.92. The molecular formula is C15H15ClN4O. The Morgan fingerprint density at radius 1 is 1.43 bits per heavy atom. The van der Waals surface area contributed by atoms with E-state index in [1.54, 1.807) is 35.0 Å². The third kappa shape index (κ3) is 3.18. The lowest BCUT2D eigenvalue weighted by Crippen LogP contribution is -2.18. The third-order valence-electron chi connectivity index (χ3n) is 3.01. The molecule has 0 saturated heterocycles. The van der Waals surface area contributed by atoms with Crippen molar-refractivity contribution in [3.63, 3.8) is 0 Å². The van der Waals surface area contributed by atoms with Gasteiger partial charge in [0.25, 0.3) is 5.91 Å². The number of amides is 1. The molecule has 2 aromatic rings. The maximum absolute atomic E-state index is 12.4. The van der Waals surface area contributed by atoms with E-state index >= 15 is 0 Å². The molecular weight excluding hydrogens is 288 g/mol. The SMILES string of the molecule is CC(C)n1cc(N)cc1C(=O)Nc1cc(Cl)ccc1C#N. The minimum absolute atomic E-state index is 0.0952. The summed E-state index contributed by atoms with van der Waals surface area (Å²) in [6.07, 6.45) is 1.71. The number of aromatic nitrogens is 1. The van der Waals surface area contributed by atoms with Crippen molar-refractivity contribution < 1.29 is 4.79 Å². The lowest BCUT2D eigenvalue weighted by molar-refractivity contribution is 0.101. The number of halogens is 1. The number of hydrogen-bond donors (Lipinski definition) is 2. The normalized spacial score (nSPS) is 10.4. The number of hydrogen-bond acceptors (Lipinski definition) is 3. The highest BCUT2D eigenvalue weighted by Gasteiger charge is 2.16. The summed E-state index contributed by atoms with van der Waals surface area (Å²) in [5.74, 6) is -0.334. The van der Waals surface area contributed by atoms with E-state index in [9.17, 15) is 4.79 Å². The second-order valence-corrected chi connectivity index (χ2v) is 5.35. The molecule has 1 aromatic heterocycles. The van der Waals surface area contributed by atoms with Gasteiger partial charge in [0, 0.05) is 17.3 Å². The van der Waals surface area contributed by atoms with Crippen LogP contribution >= 0.6 is 11.6 Å². The molecule has 0 spiro atoms. The van der Waals surface area contributed by atoms with Crippen LogP contribution < -0.4 is 11.1 Å². The van der Waals surface area contributed by atoms with Crippen molar-refractivity contribution in [2.45, 2.75) is 19.9 Å². The number of nitriles is 1. The highest BCUT2D eigenvalue weighted by molar-refractivity contribution is 6.31. The zero-order valence-electron chi connectivity index (χ0n) is 11.7. The van der Waals surface area contributed by atoms with E-state index < -0.39 is 0 Å². The maximum Gasteiger partial charge on any atom is 0.272 e. The second kappa shape index (κ2) is 5.90. The van der Waals surface area contributed by atoms with Crippen LogP contribution in [0, 0.1) is 11.3 Å². The average Bonchev–Trinajstić information content (AvgIpc) is 2.81. The van der Waals surface area contributed by atoms with E-state index in [0.29, 0.717) is 27.7 Å². The monoisotopic (exact) mass is 302 g/mol. The average molecular weight is 303 g/mol. The first-order valence-electron chi connectivity index (χ1n) is 6.40. The molecule has 0 aliphatic carbocycles. The Balaban J connectivity index is 2.35. The van der Waals surface area contributed by atoms with Crippen LogP contribution in [0.25, 0.3) is 0 Å². The predicted octanol–water partition coefficient (Wildman–Crippen LogP) is 3.43. The van der Waals surface area contributed by atoms with E-state index in [2.05, 4.69) is 5.32 Å². The van der Waals surface area contributed by atoms with Crippen LogP contribution in [0.4, 0.5) is 11.4 Å². The van der Waals surface area contributed by atoms with E-state index in [4.69, 9.17) is 22.6 Å². The molecule has 0 radical (unpaired) electrons. The third-order valence-corrected chi connectivity index (χ3v) is 3.24. The first-order chi connectivity index (χ1) is 9.92. The lowest BCUT2D eigenvalue weighted by atomic mass is 10.2. The summed E-state index contributed by atoms with van der Waals surface area (Å²) < 4.78 is 1.78. The zero-order valence-corrected chi connectivity index (χ0v) is 12.5. The molecule has 1 amide bonds. The van der Waals surface area contributed by atoms with Crippen molar-refractivity contribution in [1.29, 1.82) is 5.26 Å². The molecule has 2 rings (SSSR count). The van der Waals surface area contributed by atoms with Crippen molar-refractivity contribution in [1.82, 2.24) is 4.57 Å². The molecule has 0 aliphatic heterocycles. The zero-order chi connectivity index (χ0) is 15.6. The van der Waals surface area contributed by atoms with Gasteiger partial charge in [-0.05, 0) is 38.1 Å². The Morgan fingerprint density at radius 2 is 2.14 bits per heavy atom. The van der Waals surface area contributed by atoms with Crippen LogP contribution in [-0.4, -0.2) is 10.5 Å². The number of nitrogen functional groups attached to an aromatic ring is 1. The highest BCUT2D eigenvalue weighted by Crippen LogP contribution is 2.23. The molecule has 0 saturated carbocycles. The van der Waals surface area contributed by atoms with Crippen LogP contribution in [-0.2, 0) is 0 Å². The van der Waals surface area contributed by atoms with Gasteiger partial charge in [0.15, 0.2) is 0 Å². The molecule has 21 heavy (non-hydrogen) atoms. The summed E-state index contributed by atoms with van der Waals surface area (Å²) in [7, 11) is 0. The Morgan fingerprint density at radius 3 is 2.76 bits per heavy atom. The van der Waals surface area contributed by atoms with Crippen LogP contribution in [0.1, 0.15) is 35.9 Å². The molecule has 0 unspecified atom stereocenters. The van der Waals surface area contributed by atoms with Crippen molar-refractivity contribution in [3.05, 3.63) is 46.7 Å². The van der Waals surface area contributed by atoms with Crippen molar-refractivity contribution >= 4 is 28.9 Å². The van der Waals surface area contributed by atoms with Gasteiger partial charge in [-0.1, -0.05) is 11.6 Å². The van der Waals surface area contributed by atoms with E-state index in [-0.39, 0.29) is 11.9 Å². The van der Waals surface area contributed by atoms with Gasteiger partial charge in [0.2, 0.25) is 0 Å². The number of carbonyl (C=O) groups is 1. The van der Waals surface area contributed by atoms with Crippen LogP contribution in [0.5, 0.6) is 0 Å². The lowest BCUT2D eigenvalue weighted by Gasteiger charge is -2.13. The number of rotatable bonds is 3. The van der Waals surface area contributed by atoms with Crippen LogP contribution in [0.3, 0.4) is 0 Å². The first-order valence-corrected chi connectivity index (χ1v) is 6.78. The van der Waals surface area contributed by atoms with Gasteiger partial charge in [-0.3, -0.25) is 4.79 Å². The Hall–Kier alpha value is -2.45. The van der Waals surface area contributed by atoms with E-state index in [1.807, 2.05) is 19.9 Å². The summed E-state index contributed by atoms with van der Waals surface area (Å²) in [6, 6.07) is 8.43. The van der Waals surface area contributed by atoms with Gasteiger partial charge in [0.1, 0.15) is 11.8 Å². The molecule has 0 fully saturated rings. The Kier molecular flexibility index (Phi) is 4.20. The number of nitrogens with two attached hydrogens (primary N) is 1. The number of anilines is 2. The first kappa shape index (κ1) is 14.9. The van der Waals surface area contributed by atoms with Gasteiger partial charge < -0.3 is 15.6 Å². The van der Waals surface area contributed by atoms with Crippen molar-refractivity contribution in [2.24, 2.45) is 0 Å². The summed E-state index contributed by atoms with van der Waals surface area (Å²) in [6.45, 7) is 3.91. The minimum Gasteiger partial charge on any atom is -0.397 e. The Labute approximate surface area is 127 Å². The van der Waals surface area contributed by atoms with Crippen LogP contribution in [0.15, 0.2) is 30.5 Å². The topological polar surface area (TPSA) is 83.8 Å². The van der Waals surface area contributed by atoms with Gasteiger partial charge >= 0.3 is 0 Å². The quantitative estimate of drug-likeness (QED) is 0.911. The number of carbonyl (C=O) groups excluding carboxylic acids is 1. The van der Waals surface area contributed by atoms with E-state index in [0.717, 1.165) is 0 Å². The van der Waals surface area contributed by atoms with E-state index in [1.165, 1.54) is 0 Å². The largest absolute Gasteiger partial charge is 0.397 e. The number of benzene rings is 1. The molecule has 3 N–H and O–H groups in total. The number of nitrogens with one attached hydrogen (secondary N) is 1. The molecule has 1 aromatic carbocycles. The minimum atomic E-state index is -0.334. The van der Waals surface area contributed by atoms with Crippen molar-refractivity contribution in [2.75, 3.05) is 11.1 Å². The van der Waals surface area contributed by atoms with Crippen LogP contribution in [0.2, 0.25) is 5.02 Å². The fourth-order valence-electron chi connectivity index (χ4n) is 2.01. The smallest absolute Gasteiger partial charge is 0.272 e. The fraction of sp³-hybridized carbons (Fsp3) is 0.200. The summed E-state index contributed by atoms with van der Waals surface area (Å²) in [5, 5.41) is 12.2.